The van der Waals surface area contributed by atoms with E-state index in [4.69, 9.17) is 30.7 Å². The predicted octanol–water partition coefficient (Wildman–Crippen LogP) is 10.1. The lowest BCUT2D eigenvalue weighted by Gasteiger charge is -2.30. The average molecular weight is 857 g/mol. The van der Waals surface area contributed by atoms with Gasteiger partial charge in [-0.15, -0.1) is 6.42 Å². The molecular formula is C44H60F3N6O6P. The monoisotopic (exact) mass is 856 g/mol. The molecule has 4 aromatic rings. The number of aryl methyl sites for hydroxylation is 1. The van der Waals surface area contributed by atoms with Crippen LogP contribution in [0.1, 0.15) is 115 Å². The van der Waals surface area contributed by atoms with Gasteiger partial charge in [0, 0.05) is 26.1 Å². The topological polar surface area (TPSA) is 153 Å². The molecule has 0 aliphatic rings. The van der Waals surface area contributed by atoms with Crippen molar-refractivity contribution in [3.05, 3.63) is 78.1 Å². The fourth-order valence-corrected chi connectivity index (χ4v) is 8.33. The summed E-state index contributed by atoms with van der Waals surface area (Å²) < 4.78 is 81.9. The fraction of sp³-hybridized carbons (Fsp3) is 0.545. The van der Waals surface area contributed by atoms with Crippen molar-refractivity contribution in [2.75, 3.05) is 26.1 Å². The van der Waals surface area contributed by atoms with Gasteiger partial charge in [0.15, 0.2) is 17.1 Å². The zero-order valence-electron chi connectivity index (χ0n) is 34.9. The maximum absolute atomic E-state index is 14.7. The quantitative estimate of drug-likeness (QED) is 0.0169. The fourth-order valence-electron chi connectivity index (χ4n) is 6.79. The van der Waals surface area contributed by atoms with Crippen molar-refractivity contribution in [1.29, 1.82) is 0 Å². The van der Waals surface area contributed by atoms with Gasteiger partial charge in [0.1, 0.15) is 28.9 Å². The highest BCUT2D eigenvalue weighted by Gasteiger charge is 2.39. The lowest BCUT2D eigenvalue weighted by Crippen LogP contribution is -2.42. The Hall–Kier alpha value is -4.48. The van der Waals surface area contributed by atoms with E-state index in [1.54, 1.807) is 18.2 Å². The minimum absolute atomic E-state index is 0.0234. The number of methoxy groups -OCH3 is 1. The maximum Gasteiger partial charge on any atom is 0.459 e. The van der Waals surface area contributed by atoms with Crippen LogP contribution in [0.5, 0.6) is 5.75 Å². The summed E-state index contributed by atoms with van der Waals surface area (Å²) in [6.45, 7) is 1.89. The van der Waals surface area contributed by atoms with E-state index in [2.05, 4.69) is 32.9 Å². The number of para-hydroxylation sites is 1. The highest BCUT2D eigenvalue weighted by Crippen LogP contribution is 2.46. The number of nitrogen functional groups attached to an aromatic ring is 1. The van der Waals surface area contributed by atoms with E-state index in [-0.39, 0.29) is 54.3 Å². The standard InChI is InChI=1S/C44H60F3N6O6P/c1-4-6-7-8-9-10-11-12-13-14-15-16-17-18-22-27-57-42(54)38(30-34-28-35(45)31-36(46)29-34)52-60(55,59-37-23-20-19-21-24-37)58-32-44(5-2,56-3)25-26-53-33-49-39-40(48)50-43(47)51-41(39)53/h2,19-21,23-24,28-29,31,33,38H,4,6-18,22,25-27,30,32H2,1,3H3,(H,52,55)(H2,48,50,51)/t38-,44-,60?/m0/s1. The van der Waals surface area contributed by atoms with Crippen LogP contribution in [0.25, 0.3) is 11.2 Å². The number of carbonyl (C=O) groups is 1. The van der Waals surface area contributed by atoms with E-state index in [1.807, 2.05) is 0 Å². The Morgan fingerprint density at radius 3 is 2.10 bits per heavy atom. The first-order valence-electron chi connectivity index (χ1n) is 21.0. The van der Waals surface area contributed by atoms with Crippen molar-refractivity contribution in [1.82, 2.24) is 24.6 Å². The molecule has 2 aromatic carbocycles. The molecule has 12 nitrogen and oxygen atoms in total. The summed E-state index contributed by atoms with van der Waals surface area (Å²) in [6.07, 6.45) is 23.8. The van der Waals surface area contributed by atoms with Crippen LogP contribution in [0.4, 0.5) is 19.0 Å². The van der Waals surface area contributed by atoms with Crippen molar-refractivity contribution in [2.45, 2.75) is 134 Å². The number of imidazole rings is 1. The number of benzene rings is 2. The highest BCUT2D eigenvalue weighted by molar-refractivity contribution is 7.52. The first-order valence-corrected chi connectivity index (χ1v) is 22.6. The normalized spacial score (nSPS) is 14.0. The van der Waals surface area contributed by atoms with E-state index in [0.29, 0.717) is 12.5 Å². The van der Waals surface area contributed by atoms with Crippen molar-refractivity contribution >= 4 is 30.7 Å². The molecule has 3 N–H and O–H groups in total. The summed E-state index contributed by atoms with van der Waals surface area (Å²) in [5.74, 6) is 0.0166. The first-order chi connectivity index (χ1) is 29.0. The SMILES string of the molecule is C#C[C@](CCn1cnc2c(N)nc(F)nc21)(COP(=O)(N[C@@H](Cc1cc(F)cc(F)c1)C(=O)OCCCCCCCCCCCCCCCCC)Oc1ccccc1)OC. The molecule has 0 saturated carbocycles. The van der Waals surface area contributed by atoms with E-state index in [0.717, 1.165) is 37.8 Å². The van der Waals surface area contributed by atoms with Crippen molar-refractivity contribution in [3.8, 4) is 18.1 Å². The van der Waals surface area contributed by atoms with Crippen LogP contribution in [-0.4, -0.2) is 57.5 Å². The third kappa shape index (κ3) is 16.2. The van der Waals surface area contributed by atoms with Gasteiger partial charge in [-0.25, -0.2) is 18.3 Å². The molecule has 16 heteroatoms. The minimum Gasteiger partial charge on any atom is -0.465 e. The Morgan fingerprint density at radius 1 is 0.917 bits per heavy atom. The van der Waals surface area contributed by atoms with E-state index < -0.39 is 49.7 Å². The van der Waals surface area contributed by atoms with Crippen molar-refractivity contribution in [3.63, 3.8) is 0 Å². The molecule has 0 fully saturated rings. The van der Waals surface area contributed by atoms with Gasteiger partial charge in [0.05, 0.1) is 19.5 Å². The van der Waals surface area contributed by atoms with Gasteiger partial charge in [0.2, 0.25) is 0 Å². The first kappa shape index (κ1) is 48.2. The second-order valence-electron chi connectivity index (χ2n) is 15.0. The van der Waals surface area contributed by atoms with Crippen LogP contribution in [0, 0.1) is 30.1 Å². The molecule has 0 aliphatic carbocycles. The molecule has 4 rings (SSSR count). The molecule has 2 heterocycles. The zero-order valence-corrected chi connectivity index (χ0v) is 35.8. The third-order valence-corrected chi connectivity index (χ3v) is 11.8. The lowest BCUT2D eigenvalue weighted by atomic mass is 10.0. The maximum atomic E-state index is 14.7. The number of nitrogens with one attached hydrogen (secondary N) is 1. The number of aromatic nitrogens is 4. The molecular weight excluding hydrogens is 796 g/mol. The largest absolute Gasteiger partial charge is 0.465 e. The number of terminal acetylenes is 1. The molecule has 0 spiro atoms. The van der Waals surface area contributed by atoms with Gasteiger partial charge in [-0.3, -0.25) is 9.32 Å². The third-order valence-electron chi connectivity index (χ3n) is 10.3. The summed E-state index contributed by atoms with van der Waals surface area (Å²) in [6, 6.07) is 9.50. The summed E-state index contributed by atoms with van der Waals surface area (Å²) in [5.41, 5.74) is 4.69. The second-order valence-corrected chi connectivity index (χ2v) is 16.7. The lowest BCUT2D eigenvalue weighted by molar-refractivity contribution is -0.146. The number of unbranched alkanes of at least 4 members (excludes halogenated alkanes) is 14. The number of anilines is 1. The molecule has 0 aliphatic heterocycles. The van der Waals surface area contributed by atoms with Crippen LogP contribution in [0.3, 0.4) is 0 Å². The minimum atomic E-state index is -4.57. The number of nitrogens with zero attached hydrogens (tertiary/aromatic N) is 4. The predicted molar refractivity (Wildman–Crippen MR) is 226 cm³/mol. The second kappa shape index (κ2) is 25.3. The molecule has 2 aromatic heterocycles. The van der Waals surface area contributed by atoms with Gasteiger partial charge < -0.3 is 24.3 Å². The molecule has 0 radical (unpaired) electrons. The van der Waals surface area contributed by atoms with Crippen LogP contribution in [0.2, 0.25) is 0 Å². The highest BCUT2D eigenvalue weighted by atomic mass is 31.2. The summed E-state index contributed by atoms with van der Waals surface area (Å²) in [7, 11) is -3.23. The zero-order chi connectivity index (χ0) is 43.2. The average Bonchev–Trinajstić information content (AvgIpc) is 3.63. The van der Waals surface area contributed by atoms with E-state index in [1.165, 1.54) is 94.3 Å². The number of hydrogen-bond donors (Lipinski definition) is 2. The molecule has 0 bridgehead atoms. The number of ether oxygens (including phenoxy) is 2. The van der Waals surface area contributed by atoms with Crippen LogP contribution in [-0.2, 0) is 36.3 Å². The number of rotatable bonds is 30. The van der Waals surface area contributed by atoms with Gasteiger partial charge in [-0.2, -0.15) is 19.4 Å². The summed E-state index contributed by atoms with van der Waals surface area (Å²) >= 11 is 0. The van der Waals surface area contributed by atoms with Gasteiger partial charge in [-0.1, -0.05) is 121 Å². The number of nitrogens with two attached hydrogens (primary N) is 1. The number of halogens is 3. The number of esters is 1. The Morgan fingerprint density at radius 2 is 1.52 bits per heavy atom. The van der Waals surface area contributed by atoms with Gasteiger partial charge in [-0.05, 0) is 42.7 Å². The Bertz CT molecular complexity index is 1980. The molecule has 328 valence electrons. The van der Waals surface area contributed by atoms with Gasteiger partial charge in [0.25, 0.3) is 0 Å². The Labute approximate surface area is 352 Å². The summed E-state index contributed by atoms with van der Waals surface area (Å²) in [4.78, 5) is 25.1. The Kier molecular flexibility index (Phi) is 20.3. The molecule has 1 unspecified atom stereocenters. The van der Waals surface area contributed by atoms with Gasteiger partial charge >= 0.3 is 19.8 Å². The van der Waals surface area contributed by atoms with Crippen LogP contribution in [0.15, 0.2) is 54.9 Å². The number of hydrogen-bond acceptors (Lipinski definition) is 10. The van der Waals surface area contributed by atoms with E-state index in [9.17, 15) is 22.5 Å². The van der Waals surface area contributed by atoms with Crippen molar-refractivity contribution in [2.24, 2.45) is 0 Å². The molecule has 0 amide bonds. The van der Waals surface area contributed by atoms with Crippen molar-refractivity contribution < 1.29 is 41.1 Å². The number of carbonyl (C=O) groups excluding carboxylic acids is 1. The van der Waals surface area contributed by atoms with Crippen LogP contribution >= 0.6 is 7.75 Å². The molecule has 60 heavy (non-hydrogen) atoms. The number of fused-ring (bicyclic) bond motifs is 1. The Balaban J connectivity index is 1.38. The summed E-state index contributed by atoms with van der Waals surface area (Å²) in [5, 5.41) is 2.68. The van der Waals surface area contributed by atoms with E-state index >= 15 is 0 Å². The van der Waals surface area contributed by atoms with Crippen LogP contribution < -0.4 is 15.3 Å². The smallest absolute Gasteiger partial charge is 0.459 e. The molecule has 3 atom stereocenters. The molecule has 0 saturated heterocycles.